The second-order valence-electron chi connectivity index (χ2n) is 4.65. The smallest absolute Gasteiger partial charge is 0.310 e. The minimum Gasteiger partial charge on any atom is -0.365 e. The summed E-state index contributed by atoms with van der Waals surface area (Å²) in [7, 11) is 1.82. The van der Waals surface area contributed by atoms with Gasteiger partial charge in [-0.15, -0.1) is 0 Å². The van der Waals surface area contributed by atoms with Gasteiger partial charge in [0, 0.05) is 13.6 Å². The van der Waals surface area contributed by atoms with Gasteiger partial charge in [-0.1, -0.05) is 41.9 Å². The number of benzene rings is 2. The zero-order valence-electron chi connectivity index (χ0n) is 11.3. The van der Waals surface area contributed by atoms with Crippen molar-refractivity contribution in [2.45, 2.75) is 13.5 Å². The van der Waals surface area contributed by atoms with Gasteiger partial charge in [0.1, 0.15) is 10.7 Å². The molecule has 0 saturated carbocycles. The molecule has 4 nitrogen and oxygen atoms in total. The van der Waals surface area contributed by atoms with E-state index in [0.29, 0.717) is 12.2 Å². The first-order valence-corrected chi connectivity index (χ1v) is 6.57. The Kier molecular flexibility index (Phi) is 4.25. The minimum absolute atomic E-state index is 0.0507. The third kappa shape index (κ3) is 2.91. The maximum atomic E-state index is 11.2. The molecule has 20 heavy (non-hydrogen) atoms. The molecule has 0 aliphatic heterocycles. The highest BCUT2D eigenvalue weighted by Gasteiger charge is 2.21. The van der Waals surface area contributed by atoms with Gasteiger partial charge in [-0.25, -0.2) is 0 Å². The number of nitrogens with zero attached hydrogens (tertiary/aromatic N) is 2. The largest absolute Gasteiger partial charge is 0.365 e. The molecule has 0 amide bonds. The molecule has 2 aromatic carbocycles. The van der Waals surface area contributed by atoms with Gasteiger partial charge >= 0.3 is 5.69 Å². The summed E-state index contributed by atoms with van der Waals surface area (Å²) >= 11 is 5.93. The number of para-hydroxylation sites is 1. The molecule has 0 aliphatic carbocycles. The summed E-state index contributed by atoms with van der Waals surface area (Å²) in [5.74, 6) is 0. The summed E-state index contributed by atoms with van der Waals surface area (Å²) in [4.78, 5) is 12.6. The molecule has 0 N–H and O–H groups in total. The highest BCUT2D eigenvalue weighted by atomic mass is 35.5. The van der Waals surface area contributed by atoms with E-state index in [1.54, 1.807) is 12.1 Å². The molecule has 0 heterocycles. The van der Waals surface area contributed by atoms with Crippen molar-refractivity contribution in [1.82, 2.24) is 0 Å². The number of nitro benzene ring substituents is 1. The normalized spacial score (nSPS) is 10.3. The van der Waals surface area contributed by atoms with E-state index in [9.17, 15) is 10.1 Å². The van der Waals surface area contributed by atoms with E-state index >= 15 is 0 Å². The third-order valence-corrected chi connectivity index (χ3v) is 3.53. The lowest BCUT2D eigenvalue weighted by Gasteiger charge is -2.20. The van der Waals surface area contributed by atoms with Crippen molar-refractivity contribution in [3.63, 3.8) is 0 Å². The van der Waals surface area contributed by atoms with Gasteiger partial charge in [0.2, 0.25) is 0 Å². The van der Waals surface area contributed by atoms with Crippen LogP contribution in [0.25, 0.3) is 0 Å². The molecule has 104 valence electrons. The van der Waals surface area contributed by atoms with Crippen molar-refractivity contribution in [2.75, 3.05) is 11.9 Å². The molecule has 0 unspecified atom stereocenters. The van der Waals surface area contributed by atoms with Crippen molar-refractivity contribution >= 4 is 23.0 Å². The van der Waals surface area contributed by atoms with E-state index in [0.717, 1.165) is 11.1 Å². The zero-order chi connectivity index (χ0) is 14.7. The summed E-state index contributed by atoms with van der Waals surface area (Å²) in [6.45, 7) is 2.61. The van der Waals surface area contributed by atoms with E-state index < -0.39 is 4.92 Å². The van der Waals surface area contributed by atoms with Crippen molar-refractivity contribution < 1.29 is 4.92 Å². The Hall–Kier alpha value is -2.07. The maximum absolute atomic E-state index is 11.2. The Balaban J connectivity index is 2.35. The SMILES string of the molecule is Cc1ccccc1CN(C)c1cccc(Cl)c1[N+](=O)[O-]. The van der Waals surface area contributed by atoms with Crippen LogP contribution in [0.1, 0.15) is 11.1 Å². The van der Waals surface area contributed by atoms with Crippen molar-refractivity contribution in [3.05, 3.63) is 68.7 Å². The number of hydrogen-bond acceptors (Lipinski definition) is 3. The predicted octanol–water partition coefficient (Wildman–Crippen LogP) is 4.19. The molecular weight excluding hydrogens is 276 g/mol. The van der Waals surface area contributed by atoms with Gasteiger partial charge < -0.3 is 4.90 Å². The van der Waals surface area contributed by atoms with Crippen LogP contribution in [0.4, 0.5) is 11.4 Å². The van der Waals surface area contributed by atoms with Crippen LogP contribution in [0.5, 0.6) is 0 Å². The highest BCUT2D eigenvalue weighted by Crippen LogP contribution is 2.35. The first kappa shape index (κ1) is 14.3. The number of nitro groups is 1. The Labute approximate surface area is 122 Å². The van der Waals surface area contributed by atoms with Crippen molar-refractivity contribution in [3.8, 4) is 0 Å². The van der Waals surface area contributed by atoms with Gasteiger partial charge in [0.15, 0.2) is 0 Å². The minimum atomic E-state index is -0.438. The predicted molar refractivity (Wildman–Crippen MR) is 81.4 cm³/mol. The third-order valence-electron chi connectivity index (χ3n) is 3.23. The second-order valence-corrected chi connectivity index (χ2v) is 5.05. The van der Waals surface area contributed by atoms with E-state index in [1.807, 2.05) is 43.1 Å². The number of halogens is 1. The fourth-order valence-electron chi connectivity index (χ4n) is 2.12. The second kappa shape index (κ2) is 5.92. The number of hydrogen-bond donors (Lipinski definition) is 0. The first-order valence-electron chi connectivity index (χ1n) is 6.19. The van der Waals surface area contributed by atoms with Gasteiger partial charge in [0.05, 0.1) is 4.92 Å². The summed E-state index contributed by atoms with van der Waals surface area (Å²) in [6.07, 6.45) is 0. The Morgan fingerprint density at radius 3 is 2.55 bits per heavy atom. The summed E-state index contributed by atoms with van der Waals surface area (Å²) < 4.78 is 0. The summed E-state index contributed by atoms with van der Waals surface area (Å²) in [5.41, 5.74) is 2.75. The lowest BCUT2D eigenvalue weighted by Crippen LogP contribution is -2.18. The topological polar surface area (TPSA) is 46.4 Å². The average molecular weight is 291 g/mol. The van der Waals surface area contributed by atoms with E-state index in [1.165, 1.54) is 6.07 Å². The Morgan fingerprint density at radius 2 is 1.90 bits per heavy atom. The number of aryl methyl sites for hydroxylation is 1. The molecule has 0 bridgehead atoms. The van der Waals surface area contributed by atoms with Gasteiger partial charge in [-0.2, -0.15) is 0 Å². The molecule has 0 radical (unpaired) electrons. The van der Waals surface area contributed by atoms with Crippen LogP contribution < -0.4 is 4.90 Å². The highest BCUT2D eigenvalue weighted by molar-refractivity contribution is 6.33. The van der Waals surface area contributed by atoms with Crippen LogP contribution >= 0.6 is 11.6 Å². The van der Waals surface area contributed by atoms with Crippen molar-refractivity contribution in [2.24, 2.45) is 0 Å². The standard InChI is InChI=1S/C15H15ClN2O2/c1-11-6-3-4-7-12(11)10-17(2)14-9-5-8-13(16)15(14)18(19)20/h3-9H,10H2,1-2H3. The maximum Gasteiger partial charge on any atom is 0.310 e. The Bertz CT molecular complexity index is 644. The lowest BCUT2D eigenvalue weighted by molar-refractivity contribution is -0.384. The number of anilines is 1. The zero-order valence-corrected chi connectivity index (χ0v) is 12.1. The Morgan fingerprint density at radius 1 is 1.20 bits per heavy atom. The van der Waals surface area contributed by atoms with Crippen LogP contribution in [0.3, 0.4) is 0 Å². The molecule has 2 aromatic rings. The van der Waals surface area contributed by atoms with Gasteiger partial charge in [-0.05, 0) is 30.2 Å². The van der Waals surface area contributed by atoms with Gasteiger partial charge in [-0.3, -0.25) is 10.1 Å². The number of rotatable bonds is 4. The van der Waals surface area contributed by atoms with Gasteiger partial charge in [0.25, 0.3) is 0 Å². The van der Waals surface area contributed by atoms with E-state index in [4.69, 9.17) is 11.6 Å². The molecule has 0 aromatic heterocycles. The first-order chi connectivity index (χ1) is 9.50. The molecular formula is C15H15ClN2O2. The van der Waals surface area contributed by atoms with Crippen LogP contribution in [-0.4, -0.2) is 12.0 Å². The van der Waals surface area contributed by atoms with Crippen molar-refractivity contribution in [1.29, 1.82) is 0 Å². The average Bonchev–Trinajstić information content (AvgIpc) is 2.40. The monoisotopic (exact) mass is 290 g/mol. The lowest BCUT2D eigenvalue weighted by atomic mass is 10.1. The molecule has 0 fully saturated rings. The summed E-state index contributed by atoms with van der Waals surface area (Å²) in [6, 6.07) is 12.9. The quantitative estimate of drug-likeness (QED) is 0.626. The molecule has 0 atom stereocenters. The molecule has 0 spiro atoms. The molecule has 0 saturated heterocycles. The van der Waals surface area contributed by atoms with Crippen LogP contribution in [0.2, 0.25) is 5.02 Å². The molecule has 0 aliphatic rings. The van der Waals surface area contributed by atoms with Crippen LogP contribution in [0.15, 0.2) is 42.5 Å². The fraction of sp³-hybridized carbons (Fsp3) is 0.200. The molecule has 2 rings (SSSR count). The van der Waals surface area contributed by atoms with Crippen LogP contribution in [-0.2, 0) is 6.54 Å². The van der Waals surface area contributed by atoms with E-state index in [2.05, 4.69) is 0 Å². The fourth-order valence-corrected chi connectivity index (χ4v) is 2.36. The van der Waals surface area contributed by atoms with E-state index in [-0.39, 0.29) is 10.7 Å². The summed E-state index contributed by atoms with van der Waals surface area (Å²) in [5, 5.41) is 11.3. The van der Waals surface area contributed by atoms with Crippen LogP contribution in [0, 0.1) is 17.0 Å². The molecule has 5 heteroatoms.